The minimum atomic E-state index is -0.843. The number of aromatic nitrogens is 2. The SMILES string of the molecule is Cc1cc(-c2nn(C)cc2CCC(=O)O)ccc1F. The van der Waals surface area contributed by atoms with Crippen molar-refractivity contribution in [3.63, 3.8) is 0 Å². The van der Waals surface area contributed by atoms with Crippen molar-refractivity contribution in [3.05, 3.63) is 41.3 Å². The van der Waals surface area contributed by atoms with E-state index < -0.39 is 5.97 Å². The molecule has 0 aliphatic rings. The molecule has 0 saturated carbocycles. The summed E-state index contributed by atoms with van der Waals surface area (Å²) in [6.07, 6.45) is 2.27. The molecule has 0 saturated heterocycles. The van der Waals surface area contributed by atoms with E-state index in [4.69, 9.17) is 5.11 Å². The van der Waals surface area contributed by atoms with E-state index >= 15 is 0 Å². The molecule has 1 aromatic carbocycles. The van der Waals surface area contributed by atoms with Gasteiger partial charge in [-0.05, 0) is 42.7 Å². The van der Waals surface area contributed by atoms with Gasteiger partial charge in [0, 0.05) is 25.2 Å². The summed E-state index contributed by atoms with van der Waals surface area (Å²) in [4.78, 5) is 10.6. The molecular weight excluding hydrogens is 247 g/mol. The van der Waals surface area contributed by atoms with Crippen LogP contribution in [-0.2, 0) is 18.3 Å². The molecule has 0 aliphatic heterocycles. The molecule has 0 unspecified atom stereocenters. The number of aliphatic carboxylic acids is 1. The van der Waals surface area contributed by atoms with Crippen molar-refractivity contribution in [2.45, 2.75) is 19.8 Å². The first kappa shape index (κ1) is 13.3. The van der Waals surface area contributed by atoms with Gasteiger partial charge in [0.25, 0.3) is 0 Å². The molecule has 0 radical (unpaired) electrons. The molecule has 0 atom stereocenters. The predicted octanol–water partition coefficient (Wildman–Crippen LogP) is 2.55. The summed E-state index contributed by atoms with van der Waals surface area (Å²) < 4.78 is 14.9. The van der Waals surface area contributed by atoms with Crippen LogP contribution in [0.4, 0.5) is 4.39 Å². The zero-order chi connectivity index (χ0) is 14.0. The maximum Gasteiger partial charge on any atom is 0.303 e. The van der Waals surface area contributed by atoms with Gasteiger partial charge in [-0.15, -0.1) is 0 Å². The number of nitrogens with zero attached hydrogens (tertiary/aromatic N) is 2. The molecule has 4 nitrogen and oxygen atoms in total. The van der Waals surface area contributed by atoms with Gasteiger partial charge in [-0.3, -0.25) is 9.48 Å². The van der Waals surface area contributed by atoms with E-state index in [1.807, 2.05) is 0 Å². The van der Waals surface area contributed by atoms with Crippen LogP contribution in [0.2, 0.25) is 0 Å². The molecule has 2 rings (SSSR count). The van der Waals surface area contributed by atoms with E-state index in [9.17, 15) is 9.18 Å². The topological polar surface area (TPSA) is 55.1 Å². The molecule has 100 valence electrons. The van der Waals surface area contributed by atoms with E-state index in [1.54, 1.807) is 37.0 Å². The minimum Gasteiger partial charge on any atom is -0.481 e. The Bertz CT molecular complexity index is 620. The third-order valence-corrected chi connectivity index (χ3v) is 2.94. The number of hydrogen-bond acceptors (Lipinski definition) is 2. The average molecular weight is 262 g/mol. The fourth-order valence-corrected chi connectivity index (χ4v) is 2.00. The van der Waals surface area contributed by atoms with Gasteiger partial charge in [-0.2, -0.15) is 5.10 Å². The first-order chi connectivity index (χ1) is 8.97. The van der Waals surface area contributed by atoms with E-state index in [2.05, 4.69) is 5.10 Å². The van der Waals surface area contributed by atoms with Crippen molar-refractivity contribution < 1.29 is 14.3 Å². The molecule has 0 fully saturated rings. The van der Waals surface area contributed by atoms with Gasteiger partial charge in [0.15, 0.2) is 0 Å². The van der Waals surface area contributed by atoms with Gasteiger partial charge in [-0.1, -0.05) is 0 Å². The summed E-state index contributed by atoms with van der Waals surface area (Å²) in [5, 5.41) is 13.1. The Labute approximate surface area is 110 Å². The highest BCUT2D eigenvalue weighted by Gasteiger charge is 2.12. The molecule has 1 aromatic heterocycles. The van der Waals surface area contributed by atoms with E-state index in [0.29, 0.717) is 17.7 Å². The molecule has 0 aliphatic carbocycles. The van der Waals surface area contributed by atoms with Gasteiger partial charge >= 0.3 is 5.97 Å². The Morgan fingerprint density at radius 1 is 1.47 bits per heavy atom. The standard InChI is InChI=1S/C14H15FN2O2/c1-9-7-10(3-5-12(9)15)14-11(4-6-13(18)19)8-17(2)16-14/h3,5,7-8H,4,6H2,1-2H3,(H,18,19). The maximum atomic E-state index is 13.3. The van der Waals surface area contributed by atoms with Crippen LogP contribution >= 0.6 is 0 Å². The normalized spacial score (nSPS) is 10.7. The van der Waals surface area contributed by atoms with Crippen LogP contribution in [0.15, 0.2) is 24.4 Å². The number of carbonyl (C=O) groups is 1. The molecule has 1 heterocycles. The predicted molar refractivity (Wildman–Crippen MR) is 69.3 cm³/mol. The van der Waals surface area contributed by atoms with Crippen molar-refractivity contribution in [2.24, 2.45) is 7.05 Å². The molecule has 0 spiro atoms. The molecule has 2 aromatic rings. The highest BCUT2D eigenvalue weighted by Crippen LogP contribution is 2.24. The summed E-state index contributed by atoms with van der Waals surface area (Å²) in [5.74, 6) is -1.10. The molecule has 1 N–H and O–H groups in total. The molecule has 0 amide bonds. The molecule has 19 heavy (non-hydrogen) atoms. The Morgan fingerprint density at radius 3 is 2.84 bits per heavy atom. The van der Waals surface area contributed by atoms with E-state index in [0.717, 1.165) is 11.1 Å². The van der Waals surface area contributed by atoms with Gasteiger partial charge < -0.3 is 5.11 Å². The minimum absolute atomic E-state index is 0.0544. The average Bonchev–Trinajstić information content (AvgIpc) is 2.71. The molecule has 0 bridgehead atoms. The quantitative estimate of drug-likeness (QED) is 0.921. The lowest BCUT2D eigenvalue weighted by Crippen LogP contribution is -1.98. The lowest BCUT2D eigenvalue weighted by Gasteiger charge is -2.03. The number of aryl methyl sites for hydroxylation is 3. The van der Waals surface area contributed by atoms with Crippen LogP contribution in [0, 0.1) is 12.7 Å². The van der Waals surface area contributed by atoms with Crippen LogP contribution < -0.4 is 0 Å². The van der Waals surface area contributed by atoms with Gasteiger partial charge in [0.1, 0.15) is 5.82 Å². The summed E-state index contributed by atoms with van der Waals surface area (Å²) in [5.41, 5.74) is 2.93. The Hall–Kier alpha value is -2.17. The molecular formula is C14H15FN2O2. The maximum absolute atomic E-state index is 13.3. The second-order valence-corrected chi connectivity index (χ2v) is 4.53. The second-order valence-electron chi connectivity index (χ2n) is 4.53. The summed E-state index contributed by atoms with van der Waals surface area (Å²) in [7, 11) is 1.78. The fraction of sp³-hybridized carbons (Fsp3) is 0.286. The van der Waals surface area contributed by atoms with Gasteiger partial charge in [0.05, 0.1) is 5.69 Å². The van der Waals surface area contributed by atoms with Crippen LogP contribution in [0.3, 0.4) is 0 Å². The van der Waals surface area contributed by atoms with Crippen molar-refractivity contribution in [1.29, 1.82) is 0 Å². The number of carboxylic acids is 1. The largest absolute Gasteiger partial charge is 0.481 e. The number of hydrogen-bond donors (Lipinski definition) is 1. The summed E-state index contributed by atoms with van der Waals surface area (Å²) >= 11 is 0. The Balaban J connectivity index is 2.37. The summed E-state index contributed by atoms with van der Waals surface area (Å²) in [6.45, 7) is 1.69. The van der Waals surface area contributed by atoms with E-state index in [1.165, 1.54) is 6.07 Å². The smallest absolute Gasteiger partial charge is 0.303 e. The number of benzene rings is 1. The highest BCUT2D eigenvalue weighted by atomic mass is 19.1. The zero-order valence-corrected chi connectivity index (χ0v) is 10.9. The third kappa shape index (κ3) is 2.99. The van der Waals surface area contributed by atoms with Crippen molar-refractivity contribution in [1.82, 2.24) is 9.78 Å². The van der Waals surface area contributed by atoms with Crippen molar-refractivity contribution in [2.75, 3.05) is 0 Å². The first-order valence-corrected chi connectivity index (χ1v) is 5.98. The first-order valence-electron chi connectivity index (χ1n) is 5.98. The van der Waals surface area contributed by atoms with Crippen LogP contribution in [-0.4, -0.2) is 20.9 Å². The van der Waals surface area contributed by atoms with Crippen LogP contribution in [0.1, 0.15) is 17.5 Å². The third-order valence-electron chi connectivity index (χ3n) is 2.94. The summed E-state index contributed by atoms with van der Waals surface area (Å²) in [6, 6.07) is 4.79. The molecule has 5 heteroatoms. The fourth-order valence-electron chi connectivity index (χ4n) is 2.00. The zero-order valence-electron chi connectivity index (χ0n) is 10.9. The number of carboxylic acid groups (broad SMARTS) is 1. The highest BCUT2D eigenvalue weighted by molar-refractivity contribution is 5.69. The lowest BCUT2D eigenvalue weighted by atomic mass is 10.0. The van der Waals surface area contributed by atoms with Crippen LogP contribution in [0.25, 0.3) is 11.3 Å². The van der Waals surface area contributed by atoms with Crippen LogP contribution in [0.5, 0.6) is 0 Å². The number of halogens is 1. The monoisotopic (exact) mass is 262 g/mol. The van der Waals surface area contributed by atoms with Gasteiger partial charge in [-0.25, -0.2) is 4.39 Å². The Morgan fingerprint density at radius 2 is 2.21 bits per heavy atom. The second kappa shape index (κ2) is 5.22. The van der Waals surface area contributed by atoms with Gasteiger partial charge in [0.2, 0.25) is 0 Å². The van der Waals surface area contributed by atoms with E-state index in [-0.39, 0.29) is 12.2 Å². The Kier molecular flexibility index (Phi) is 3.64. The van der Waals surface area contributed by atoms with Crippen molar-refractivity contribution in [3.8, 4) is 11.3 Å². The lowest BCUT2D eigenvalue weighted by molar-refractivity contribution is -0.136. The van der Waals surface area contributed by atoms with Crippen molar-refractivity contribution >= 4 is 5.97 Å². The number of rotatable bonds is 4.